The van der Waals surface area contributed by atoms with Crippen molar-refractivity contribution in [2.24, 2.45) is 0 Å². The standard InChI is InChI=1S/C17H20FN3O2/c1-11-10-23-17-15-12(14(22)3-4-21(11)15)9-13(18)16(17)20-7-5-19(2)6-8-20/h3-4,9,11H,5-8,10H2,1-2H3/t11-/m1/s1. The van der Waals surface area contributed by atoms with Crippen LogP contribution in [0, 0.1) is 5.82 Å². The van der Waals surface area contributed by atoms with E-state index in [1.54, 1.807) is 6.20 Å². The maximum atomic E-state index is 14.8. The van der Waals surface area contributed by atoms with Gasteiger partial charge in [-0.15, -0.1) is 0 Å². The number of rotatable bonds is 1. The van der Waals surface area contributed by atoms with Crippen LogP contribution in [0.5, 0.6) is 5.75 Å². The fraction of sp³-hybridized carbons (Fsp3) is 0.471. The molecule has 0 aliphatic carbocycles. The van der Waals surface area contributed by atoms with Gasteiger partial charge in [0.2, 0.25) is 0 Å². The third-order valence-electron chi connectivity index (χ3n) is 4.86. The Morgan fingerprint density at radius 1 is 1.26 bits per heavy atom. The fourth-order valence-electron chi connectivity index (χ4n) is 3.48. The summed E-state index contributed by atoms with van der Waals surface area (Å²) in [4.78, 5) is 16.4. The zero-order valence-electron chi connectivity index (χ0n) is 13.4. The number of hydrogen-bond acceptors (Lipinski definition) is 4. The van der Waals surface area contributed by atoms with Crippen LogP contribution in [0.2, 0.25) is 0 Å². The molecule has 1 fully saturated rings. The molecule has 5 nitrogen and oxygen atoms in total. The molecule has 1 aromatic carbocycles. The molecule has 122 valence electrons. The Kier molecular flexibility index (Phi) is 3.30. The Labute approximate surface area is 133 Å². The summed E-state index contributed by atoms with van der Waals surface area (Å²) in [5, 5.41) is 0.393. The van der Waals surface area contributed by atoms with E-state index in [0.717, 1.165) is 26.2 Å². The molecule has 1 saturated heterocycles. The lowest BCUT2D eigenvalue weighted by Crippen LogP contribution is -2.45. The molecule has 3 heterocycles. The lowest BCUT2D eigenvalue weighted by atomic mass is 10.1. The van der Waals surface area contributed by atoms with Gasteiger partial charge in [0.1, 0.15) is 12.3 Å². The number of hydrogen-bond donors (Lipinski definition) is 0. The predicted molar refractivity (Wildman–Crippen MR) is 88.1 cm³/mol. The van der Waals surface area contributed by atoms with Gasteiger partial charge in [-0.05, 0) is 20.0 Å². The summed E-state index contributed by atoms with van der Waals surface area (Å²) in [5.74, 6) is 0.141. The number of benzene rings is 1. The van der Waals surface area contributed by atoms with Gasteiger partial charge in [0.25, 0.3) is 0 Å². The largest absolute Gasteiger partial charge is 0.487 e. The van der Waals surface area contributed by atoms with Gasteiger partial charge in [0.15, 0.2) is 17.0 Å². The highest BCUT2D eigenvalue weighted by Gasteiger charge is 2.29. The van der Waals surface area contributed by atoms with Crippen LogP contribution in [0.15, 0.2) is 23.1 Å². The third-order valence-corrected chi connectivity index (χ3v) is 4.86. The summed E-state index contributed by atoms with van der Waals surface area (Å²) in [7, 11) is 2.06. The summed E-state index contributed by atoms with van der Waals surface area (Å²) in [6.45, 7) is 5.79. The average Bonchev–Trinajstić information content (AvgIpc) is 2.54. The Bertz CT molecular complexity index is 825. The van der Waals surface area contributed by atoms with Crippen LogP contribution in [-0.2, 0) is 0 Å². The number of anilines is 1. The van der Waals surface area contributed by atoms with E-state index in [1.807, 2.05) is 16.4 Å². The Hall–Kier alpha value is -2.08. The molecule has 4 rings (SSSR count). The number of piperazine rings is 1. The molecule has 2 aliphatic heterocycles. The van der Waals surface area contributed by atoms with E-state index >= 15 is 0 Å². The van der Waals surface area contributed by atoms with Crippen LogP contribution in [0.1, 0.15) is 13.0 Å². The summed E-state index contributed by atoms with van der Waals surface area (Å²) in [6, 6.07) is 2.99. The first-order chi connectivity index (χ1) is 11.1. The second-order valence-corrected chi connectivity index (χ2v) is 6.47. The number of pyridine rings is 1. The molecule has 2 aromatic rings. The molecule has 23 heavy (non-hydrogen) atoms. The molecular formula is C17H20FN3O2. The number of halogens is 1. The predicted octanol–water partition coefficient (Wildman–Crippen LogP) is 1.85. The second-order valence-electron chi connectivity index (χ2n) is 6.47. The highest BCUT2D eigenvalue weighted by Crippen LogP contribution is 2.41. The van der Waals surface area contributed by atoms with Crippen molar-refractivity contribution in [1.29, 1.82) is 0 Å². The van der Waals surface area contributed by atoms with Gasteiger partial charge in [0.05, 0.1) is 16.9 Å². The molecule has 0 amide bonds. The van der Waals surface area contributed by atoms with Gasteiger partial charge in [0, 0.05) is 38.4 Å². The van der Waals surface area contributed by atoms with Crippen molar-refractivity contribution in [1.82, 2.24) is 9.47 Å². The lowest BCUT2D eigenvalue weighted by molar-refractivity contribution is 0.245. The van der Waals surface area contributed by atoms with E-state index in [2.05, 4.69) is 11.9 Å². The van der Waals surface area contributed by atoms with Gasteiger partial charge >= 0.3 is 0 Å². The average molecular weight is 317 g/mol. The zero-order valence-corrected chi connectivity index (χ0v) is 13.4. The van der Waals surface area contributed by atoms with Crippen LogP contribution < -0.4 is 15.1 Å². The highest BCUT2D eigenvalue weighted by atomic mass is 19.1. The van der Waals surface area contributed by atoms with Crippen molar-refractivity contribution in [3.63, 3.8) is 0 Å². The smallest absolute Gasteiger partial charge is 0.189 e. The first-order valence-corrected chi connectivity index (χ1v) is 8.00. The van der Waals surface area contributed by atoms with Gasteiger partial charge < -0.3 is 19.1 Å². The van der Waals surface area contributed by atoms with Crippen molar-refractivity contribution < 1.29 is 9.13 Å². The minimum absolute atomic E-state index is 0.122. The molecular weight excluding hydrogens is 297 g/mol. The minimum Gasteiger partial charge on any atom is -0.487 e. The molecule has 2 aliphatic rings. The first kappa shape index (κ1) is 14.5. The SMILES string of the molecule is C[C@@H]1COc2c(N3CCN(C)CC3)c(F)cc3c(=O)ccn1c23. The summed E-state index contributed by atoms with van der Waals surface area (Å²) in [6.07, 6.45) is 1.78. The molecule has 1 aromatic heterocycles. The summed E-state index contributed by atoms with van der Waals surface area (Å²) in [5.41, 5.74) is 1.04. The zero-order chi connectivity index (χ0) is 16.1. The monoisotopic (exact) mass is 317 g/mol. The molecule has 0 radical (unpaired) electrons. The molecule has 6 heteroatoms. The van der Waals surface area contributed by atoms with E-state index in [0.29, 0.717) is 28.9 Å². The highest BCUT2D eigenvalue weighted by molar-refractivity contribution is 5.92. The van der Waals surface area contributed by atoms with E-state index < -0.39 is 0 Å². The Balaban J connectivity index is 1.96. The van der Waals surface area contributed by atoms with Crippen molar-refractivity contribution in [2.75, 3.05) is 44.7 Å². The van der Waals surface area contributed by atoms with Crippen LogP contribution in [0.25, 0.3) is 10.9 Å². The topological polar surface area (TPSA) is 37.7 Å². The molecule has 0 bridgehead atoms. The molecule has 0 N–H and O–H groups in total. The van der Waals surface area contributed by atoms with Crippen molar-refractivity contribution in [3.05, 3.63) is 34.4 Å². The van der Waals surface area contributed by atoms with Gasteiger partial charge in [-0.2, -0.15) is 0 Å². The number of aromatic nitrogens is 1. The first-order valence-electron chi connectivity index (χ1n) is 8.00. The van der Waals surface area contributed by atoms with Crippen LogP contribution >= 0.6 is 0 Å². The van der Waals surface area contributed by atoms with Crippen LogP contribution in [0.3, 0.4) is 0 Å². The normalized spacial score (nSPS) is 21.5. The maximum Gasteiger partial charge on any atom is 0.189 e. The van der Waals surface area contributed by atoms with Gasteiger partial charge in [-0.3, -0.25) is 4.79 Å². The molecule has 0 unspecified atom stereocenters. The Morgan fingerprint density at radius 3 is 2.74 bits per heavy atom. The second kappa shape index (κ2) is 5.23. The quantitative estimate of drug-likeness (QED) is 0.804. The third kappa shape index (κ3) is 2.20. The molecule has 0 saturated carbocycles. The lowest BCUT2D eigenvalue weighted by Gasteiger charge is -2.36. The molecule has 1 atom stereocenters. The Morgan fingerprint density at radius 2 is 2.00 bits per heavy atom. The number of ether oxygens (including phenoxy) is 1. The van der Waals surface area contributed by atoms with Crippen molar-refractivity contribution in [2.45, 2.75) is 13.0 Å². The van der Waals surface area contributed by atoms with E-state index in [4.69, 9.17) is 4.74 Å². The molecule has 0 spiro atoms. The maximum absolute atomic E-state index is 14.8. The van der Waals surface area contributed by atoms with E-state index in [1.165, 1.54) is 12.1 Å². The van der Waals surface area contributed by atoms with E-state index in [9.17, 15) is 9.18 Å². The van der Waals surface area contributed by atoms with Crippen LogP contribution in [0.4, 0.5) is 10.1 Å². The summed E-state index contributed by atoms with van der Waals surface area (Å²) < 4.78 is 22.7. The van der Waals surface area contributed by atoms with E-state index in [-0.39, 0.29) is 17.3 Å². The summed E-state index contributed by atoms with van der Waals surface area (Å²) >= 11 is 0. The van der Waals surface area contributed by atoms with Crippen molar-refractivity contribution in [3.8, 4) is 5.75 Å². The number of nitrogens with zero attached hydrogens (tertiary/aromatic N) is 3. The minimum atomic E-state index is -0.374. The van der Waals surface area contributed by atoms with Gasteiger partial charge in [-0.1, -0.05) is 0 Å². The van der Waals surface area contributed by atoms with Crippen LogP contribution in [-0.4, -0.2) is 49.3 Å². The van der Waals surface area contributed by atoms with Crippen molar-refractivity contribution >= 4 is 16.6 Å². The van der Waals surface area contributed by atoms with Gasteiger partial charge in [-0.25, -0.2) is 4.39 Å². The fourth-order valence-corrected chi connectivity index (χ4v) is 3.48. The number of likely N-dealkylation sites (N-methyl/N-ethyl adjacent to an activating group) is 1.